The summed E-state index contributed by atoms with van der Waals surface area (Å²) in [7, 11) is 1.71. The number of nitrogen functional groups attached to an aromatic ring is 1. The number of para-hydroxylation sites is 1. The number of nitrogens with two attached hydrogens (primary N) is 2. The second-order valence-electron chi connectivity index (χ2n) is 4.73. The van der Waals surface area contributed by atoms with E-state index in [0.29, 0.717) is 23.5 Å². The average Bonchev–Trinajstić information content (AvgIpc) is 2.29. The van der Waals surface area contributed by atoms with Crippen molar-refractivity contribution in [2.45, 2.75) is 24.9 Å². The molecule has 1 aliphatic carbocycles. The summed E-state index contributed by atoms with van der Waals surface area (Å²) in [5.41, 5.74) is 12.6. The van der Waals surface area contributed by atoms with E-state index in [1.54, 1.807) is 25.3 Å². The number of nitrogens with one attached hydrogen (secondary N) is 1. The van der Waals surface area contributed by atoms with Crippen molar-refractivity contribution in [3.05, 3.63) is 23.8 Å². The van der Waals surface area contributed by atoms with Crippen molar-refractivity contribution in [1.82, 2.24) is 0 Å². The minimum atomic E-state index is -0.482. The molecule has 5 heteroatoms. The predicted octanol–water partition coefficient (Wildman–Crippen LogP) is 1.35. The highest BCUT2D eigenvalue weighted by Gasteiger charge is 2.37. The lowest BCUT2D eigenvalue weighted by Gasteiger charge is -2.41. The van der Waals surface area contributed by atoms with Gasteiger partial charge in [0.1, 0.15) is 0 Å². The first kappa shape index (κ1) is 12.7. The molecule has 1 aromatic rings. The van der Waals surface area contributed by atoms with Crippen LogP contribution in [0.2, 0.25) is 0 Å². The van der Waals surface area contributed by atoms with Crippen LogP contribution in [0, 0.1) is 0 Å². The van der Waals surface area contributed by atoms with Gasteiger partial charge in [-0.2, -0.15) is 0 Å². The standard InChI is InChI=1S/C13H19N3O2/c1-18-13(6-3-7-13)8-16-11-9(12(15)17)4-2-5-10(11)14/h2,4-5,16H,3,6-8,14H2,1H3,(H2,15,17). The van der Waals surface area contributed by atoms with Crippen LogP contribution in [0.4, 0.5) is 11.4 Å². The molecule has 1 aliphatic rings. The maximum Gasteiger partial charge on any atom is 0.250 e. The van der Waals surface area contributed by atoms with Crippen molar-refractivity contribution in [2.24, 2.45) is 5.73 Å². The quantitative estimate of drug-likeness (QED) is 0.687. The number of amides is 1. The SMILES string of the molecule is COC1(CNc2c(N)cccc2C(N)=O)CCC1. The molecular formula is C13H19N3O2. The molecule has 0 spiro atoms. The number of anilines is 2. The van der Waals surface area contributed by atoms with Gasteiger partial charge in [0.25, 0.3) is 5.91 Å². The smallest absolute Gasteiger partial charge is 0.250 e. The van der Waals surface area contributed by atoms with Crippen LogP contribution in [0.25, 0.3) is 0 Å². The Kier molecular flexibility index (Phi) is 3.43. The van der Waals surface area contributed by atoms with Crippen LogP contribution in [-0.4, -0.2) is 25.2 Å². The first-order valence-corrected chi connectivity index (χ1v) is 6.05. The van der Waals surface area contributed by atoms with Crippen molar-refractivity contribution in [2.75, 3.05) is 24.7 Å². The maximum absolute atomic E-state index is 11.3. The van der Waals surface area contributed by atoms with Crippen molar-refractivity contribution in [3.8, 4) is 0 Å². The zero-order valence-electron chi connectivity index (χ0n) is 10.5. The lowest BCUT2D eigenvalue weighted by atomic mass is 9.80. The van der Waals surface area contributed by atoms with Gasteiger partial charge in [-0.3, -0.25) is 4.79 Å². The Morgan fingerprint density at radius 3 is 2.72 bits per heavy atom. The first-order chi connectivity index (χ1) is 8.58. The van der Waals surface area contributed by atoms with Gasteiger partial charge in [0.05, 0.1) is 22.5 Å². The Bertz CT molecular complexity index is 450. The summed E-state index contributed by atoms with van der Waals surface area (Å²) in [5, 5.41) is 3.21. The number of methoxy groups -OCH3 is 1. The molecule has 1 aromatic carbocycles. The van der Waals surface area contributed by atoms with E-state index in [0.717, 1.165) is 12.8 Å². The number of rotatable bonds is 5. The summed E-state index contributed by atoms with van der Waals surface area (Å²) in [4.78, 5) is 11.3. The van der Waals surface area contributed by atoms with Crippen LogP contribution in [0.5, 0.6) is 0 Å². The lowest BCUT2D eigenvalue weighted by Crippen LogP contribution is -2.45. The van der Waals surface area contributed by atoms with Gasteiger partial charge in [-0.25, -0.2) is 0 Å². The van der Waals surface area contributed by atoms with Crippen molar-refractivity contribution in [3.63, 3.8) is 0 Å². The van der Waals surface area contributed by atoms with Crippen LogP contribution < -0.4 is 16.8 Å². The Hall–Kier alpha value is -1.75. The Morgan fingerprint density at radius 1 is 1.50 bits per heavy atom. The Morgan fingerprint density at radius 2 is 2.22 bits per heavy atom. The van der Waals surface area contributed by atoms with E-state index in [-0.39, 0.29) is 5.60 Å². The molecule has 0 radical (unpaired) electrons. The lowest BCUT2D eigenvalue weighted by molar-refractivity contribution is -0.0601. The molecule has 18 heavy (non-hydrogen) atoms. The molecule has 1 amide bonds. The zero-order chi connectivity index (χ0) is 13.2. The molecule has 5 nitrogen and oxygen atoms in total. The zero-order valence-corrected chi connectivity index (χ0v) is 10.5. The van der Waals surface area contributed by atoms with Gasteiger partial charge in [0.2, 0.25) is 0 Å². The topological polar surface area (TPSA) is 90.4 Å². The first-order valence-electron chi connectivity index (χ1n) is 6.05. The fourth-order valence-electron chi connectivity index (χ4n) is 2.25. The third-order valence-electron chi connectivity index (χ3n) is 3.65. The molecule has 1 fully saturated rings. The molecule has 0 atom stereocenters. The third-order valence-corrected chi connectivity index (χ3v) is 3.65. The van der Waals surface area contributed by atoms with E-state index in [9.17, 15) is 4.79 Å². The van der Waals surface area contributed by atoms with E-state index in [1.807, 2.05) is 0 Å². The number of primary amides is 1. The van der Waals surface area contributed by atoms with Gasteiger partial charge < -0.3 is 21.5 Å². The van der Waals surface area contributed by atoms with Crippen LogP contribution in [-0.2, 0) is 4.74 Å². The molecule has 0 aliphatic heterocycles. The third kappa shape index (κ3) is 2.26. The molecule has 0 unspecified atom stereocenters. The van der Waals surface area contributed by atoms with Gasteiger partial charge in [0, 0.05) is 13.7 Å². The van der Waals surface area contributed by atoms with E-state index < -0.39 is 5.91 Å². The highest BCUT2D eigenvalue weighted by molar-refractivity contribution is 6.01. The fourth-order valence-corrected chi connectivity index (χ4v) is 2.25. The molecule has 98 valence electrons. The van der Waals surface area contributed by atoms with E-state index in [2.05, 4.69) is 5.32 Å². The molecule has 0 bridgehead atoms. The summed E-state index contributed by atoms with van der Waals surface area (Å²) in [5.74, 6) is -0.482. The number of ether oxygens (including phenoxy) is 1. The summed E-state index contributed by atoms with van der Waals surface area (Å²) in [6.07, 6.45) is 3.22. The molecule has 0 aromatic heterocycles. The van der Waals surface area contributed by atoms with Crippen LogP contribution in [0.15, 0.2) is 18.2 Å². The summed E-state index contributed by atoms with van der Waals surface area (Å²) < 4.78 is 5.52. The highest BCUT2D eigenvalue weighted by atomic mass is 16.5. The van der Waals surface area contributed by atoms with Gasteiger partial charge in [0.15, 0.2) is 0 Å². The Balaban J connectivity index is 2.15. The second-order valence-corrected chi connectivity index (χ2v) is 4.73. The number of carbonyl (C=O) groups is 1. The summed E-state index contributed by atoms with van der Waals surface area (Å²) >= 11 is 0. The number of hydrogen-bond donors (Lipinski definition) is 3. The minimum Gasteiger partial charge on any atom is -0.397 e. The van der Waals surface area contributed by atoms with Gasteiger partial charge in [-0.05, 0) is 31.4 Å². The van der Waals surface area contributed by atoms with Gasteiger partial charge in [-0.1, -0.05) is 6.07 Å². The van der Waals surface area contributed by atoms with Crippen molar-refractivity contribution >= 4 is 17.3 Å². The molecule has 0 heterocycles. The monoisotopic (exact) mass is 249 g/mol. The normalized spacial score (nSPS) is 16.9. The number of hydrogen-bond acceptors (Lipinski definition) is 4. The maximum atomic E-state index is 11.3. The summed E-state index contributed by atoms with van der Waals surface area (Å²) in [6.45, 7) is 0.637. The van der Waals surface area contributed by atoms with Crippen LogP contribution in [0.1, 0.15) is 29.6 Å². The fraction of sp³-hybridized carbons (Fsp3) is 0.462. The molecule has 2 rings (SSSR count). The van der Waals surface area contributed by atoms with E-state index in [1.165, 1.54) is 6.42 Å². The predicted molar refractivity (Wildman–Crippen MR) is 71.5 cm³/mol. The molecule has 5 N–H and O–H groups in total. The number of carbonyl (C=O) groups excluding carboxylic acids is 1. The molecule has 0 saturated heterocycles. The van der Waals surface area contributed by atoms with Crippen LogP contribution in [0.3, 0.4) is 0 Å². The van der Waals surface area contributed by atoms with Crippen molar-refractivity contribution < 1.29 is 9.53 Å². The molecular weight excluding hydrogens is 230 g/mol. The molecule has 1 saturated carbocycles. The highest BCUT2D eigenvalue weighted by Crippen LogP contribution is 2.36. The largest absolute Gasteiger partial charge is 0.397 e. The van der Waals surface area contributed by atoms with Crippen LogP contribution >= 0.6 is 0 Å². The Labute approximate surface area is 106 Å². The average molecular weight is 249 g/mol. The second kappa shape index (κ2) is 4.86. The number of benzene rings is 1. The minimum absolute atomic E-state index is 0.128. The van der Waals surface area contributed by atoms with E-state index >= 15 is 0 Å². The van der Waals surface area contributed by atoms with Gasteiger partial charge in [-0.15, -0.1) is 0 Å². The van der Waals surface area contributed by atoms with E-state index in [4.69, 9.17) is 16.2 Å². The van der Waals surface area contributed by atoms with Crippen molar-refractivity contribution in [1.29, 1.82) is 0 Å². The summed E-state index contributed by atoms with van der Waals surface area (Å²) in [6, 6.07) is 5.13. The van der Waals surface area contributed by atoms with Gasteiger partial charge >= 0.3 is 0 Å².